The monoisotopic (exact) mass is 404 g/mol. The molecule has 0 bridgehead atoms. The highest BCUT2D eigenvalue weighted by Crippen LogP contribution is 2.43. The second-order valence-corrected chi connectivity index (χ2v) is 8.53. The molecule has 0 radical (unpaired) electrons. The average molecular weight is 405 g/mol. The first-order valence-corrected chi connectivity index (χ1v) is 11.3. The molecule has 0 amide bonds. The Morgan fingerprint density at radius 3 is 2.42 bits per heavy atom. The number of hydrogen-bond acceptors (Lipinski definition) is 1. The predicted octanol–water partition coefficient (Wildman–Crippen LogP) is 8.07. The highest BCUT2D eigenvalue weighted by molar-refractivity contribution is 5.94. The van der Waals surface area contributed by atoms with Gasteiger partial charge < -0.3 is 5.11 Å². The predicted molar refractivity (Wildman–Crippen MR) is 132 cm³/mol. The molecule has 1 unspecified atom stereocenters. The van der Waals surface area contributed by atoms with Crippen LogP contribution in [0.3, 0.4) is 0 Å². The first-order chi connectivity index (χ1) is 15.2. The Bertz CT molecular complexity index is 1310. The second-order valence-electron chi connectivity index (χ2n) is 8.53. The zero-order valence-corrected chi connectivity index (χ0v) is 18.0. The van der Waals surface area contributed by atoms with Gasteiger partial charge in [0.25, 0.3) is 0 Å². The molecule has 1 atom stereocenters. The maximum Gasteiger partial charge on any atom is 0.116 e. The van der Waals surface area contributed by atoms with Gasteiger partial charge in [0.1, 0.15) is 5.75 Å². The van der Waals surface area contributed by atoms with Gasteiger partial charge in [-0.25, -0.2) is 0 Å². The number of hydrogen-bond donors (Lipinski definition) is 1. The maximum absolute atomic E-state index is 9.13. The van der Waals surface area contributed by atoms with Crippen molar-refractivity contribution in [1.29, 1.82) is 0 Å². The number of benzene rings is 4. The Morgan fingerprint density at radius 1 is 0.839 bits per heavy atom. The van der Waals surface area contributed by atoms with E-state index in [2.05, 4.69) is 55.5 Å². The molecule has 31 heavy (non-hydrogen) atoms. The van der Waals surface area contributed by atoms with E-state index in [9.17, 15) is 0 Å². The van der Waals surface area contributed by atoms with Gasteiger partial charge in [0, 0.05) is 0 Å². The molecule has 1 N–H and O–H groups in total. The fraction of sp³-hybridized carbons (Fsp3) is 0.200. The van der Waals surface area contributed by atoms with E-state index in [1.54, 1.807) is 23.3 Å². The van der Waals surface area contributed by atoms with Gasteiger partial charge in [-0.2, -0.15) is 0 Å². The molecule has 0 saturated carbocycles. The zero-order chi connectivity index (χ0) is 21.2. The van der Waals surface area contributed by atoms with Crippen molar-refractivity contribution in [3.05, 3.63) is 108 Å². The molecule has 0 aromatic heterocycles. The quantitative estimate of drug-likeness (QED) is 0.340. The van der Waals surface area contributed by atoms with Gasteiger partial charge in [0.15, 0.2) is 0 Å². The largest absolute Gasteiger partial charge is 0.508 e. The summed E-state index contributed by atoms with van der Waals surface area (Å²) < 4.78 is 0. The van der Waals surface area contributed by atoms with Gasteiger partial charge in [0.2, 0.25) is 0 Å². The molecule has 154 valence electrons. The van der Waals surface area contributed by atoms with Crippen LogP contribution in [0.5, 0.6) is 5.75 Å². The van der Waals surface area contributed by atoms with Crippen LogP contribution in [0, 0.1) is 5.92 Å². The summed E-state index contributed by atoms with van der Waals surface area (Å²) in [5, 5.41) is 14.2. The molecule has 6 rings (SSSR count). The first kappa shape index (κ1) is 19.6. The molecule has 4 aromatic carbocycles. The van der Waals surface area contributed by atoms with Crippen molar-refractivity contribution in [2.45, 2.75) is 32.6 Å². The Morgan fingerprint density at radius 2 is 1.58 bits per heavy atom. The lowest BCUT2D eigenvalue weighted by Gasteiger charge is -2.31. The molecular weight excluding hydrogens is 376 g/mol. The fourth-order valence-corrected chi connectivity index (χ4v) is 5.11. The molecule has 2 aliphatic rings. The first-order valence-electron chi connectivity index (χ1n) is 11.3. The lowest BCUT2D eigenvalue weighted by atomic mass is 9.73. The number of rotatable bonds is 1. The third kappa shape index (κ3) is 3.77. The van der Waals surface area contributed by atoms with E-state index in [0.717, 1.165) is 16.7 Å². The summed E-state index contributed by atoms with van der Waals surface area (Å²) in [6, 6.07) is 26.8. The molecule has 0 heterocycles. The zero-order valence-electron chi connectivity index (χ0n) is 18.0. The summed E-state index contributed by atoms with van der Waals surface area (Å²) in [6.45, 7) is 2.34. The van der Waals surface area contributed by atoms with E-state index in [1.165, 1.54) is 47.6 Å². The number of allylic oxidation sites excluding steroid dienone is 4. The molecule has 0 fully saturated rings. The minimum atomic E-state index is 0.323. The van der Waals surface area contributed by atoms with E-state index in [-0.39, 0.29) is 0 Å². The van der Waals surface area contributed by atoms with E-state index < -0.39 is 0 Å². The molecule has 0 aliphatic heterocycles. The van der Waals surface area contributed by atoms with Crippen molar-refractivity contribution in [3.63, 3.8) is 0 Å². The topological polar surface area (TPSA) is 20.2 Å². The Balaban J connectivity index is 0.000000157. The number of phenols is 1. The highest BCUT2D eigenvalue weighted by Gasteiger charge is 2.26. The average Bonchev–Trinajstić information content (AvgIpc) is 2.83. The van der Waals surface area contributed by atoms with Crippen LogP contribution in [0.15, 0.2) is 96.6 Å². The Kier molecular flexibility index (Phi) is 5.34. The third-order valence-electron chi connectivity index (χ3n) is 6.71. The van der Waals surface area contributed by atoms with E-state index in [0.29, 0.717) is 5.75 Å². The summed E-state index contributed by atoms with van der Waals surface area (Å²) in [7, 11) is 0. The standard InChI is InChI=1S/C20H20.C10H8O/c1-2-14-13-20-17-9-4-3-7-15(17)11-12-19(20)18-10-6-5-8-16(14)18;11-10-6-5-8-3-1-2-4-9(8)7-10/h3-4,6-7,9-12,14H,2,5,8,13H2,1H3;1-7,11H. The molecule has 1 nitrogen and oxygen atoms in total. The summed E-state index contributed by atoms with van der Waals surface area (Å²) >= 11 is 0. The van der Waals surface area contributed by atoms with Crippen molar-refractivity contribution in [1.82, 2.24) is 0 Å². The normalized spacial score (nSPS) is 17.1. The fourth-order valence-electron chi connectivity index (χ4n) is 5.11. The molecule has 0 saturated heterocycles. The summed E-state index contributed by atoms with van der Waals surface area (Å²) in [6.07, 6.45) is 9.67. The van der Waals surface area contributed by atoms with E-state index >= 15 is 0 Å². The van der Waals surface area contributed by atoms with Crippen LogP contribution in [0.1, 0.15) is 37.3 Å². The van der Waals surface area contributed by atoms with Crippen molar-refractivity contribution in [3.8, 4) is 5.75 Å². The van der Waals surface area contributed by atoms with Crippen LogP contribution >= 0.6 is 0 Å². The summed E-state index contributed by atoms with van der Waals surface area (Å²) in [5.41, 5.74) is 6.28. The van der Waals surface area contributed by atoms with Crippen molar-refractivity contribution >= 4 is 27.1 Å². The Labute approximate surface area is 184 Å². The second kappa shape index (κ2) is 8.43. The highest BCUT2D eigenvalue weighted by atomic mass is 16.3. The van der Waals surface area contributed by atoms with Gasteiger partial charge >= 0.3 is 0 Å². The maximum atomic E-state index is 9.13. The molecule has 1 heteroatoms. The number of aromatic hydroxyl groups is 1. The summed E-state index contributed by atoms with van der Waals surface area (Å²) in [4.78, 5) is 0. The van der Waals surface area contributed by atoms with E-state index in [4.69, 9.17) is 5.11 Å². The van der Waals surface area contributed by atoms with Gasteiger partial charge in [-0.05, 0) is 82.0 Å². The van der Waals surface area contributed by atoms with Crippen LogP contribution in [0.25, 0.3) is 27.1 Å². The van der Waals surface area contributed by atoms with E-state index in [1.807, 2.05) is 30.3 Å². The third-order valence-corrected chi connectivity index (χ3v) is 6.71. The minimum Gasteiger partial charge on any atom is -0.508 e. The smallest absolute Gasteiger partial charge is 0.116 e. The number of fused-ring (bicyclic) bond motifs is 5. The van der Waals surface area contributed by atoms with Crippen LogP contribution in [0.2, 0.25) is 0 Å². The molecule has 2 aliphatic carbocycles. The number of phenolic OH excluding ortho intramolecular Hbond substituents is 1. The minimum absolute atomic E-state index is 0.323. The van der Waals surface area contributed by atoms with Gasteiger partial charge in [-0.1, -0.05) is 91.4 Å². The SMILES string of the molecule is CCC1Cc2c(ccc3ccccc23)C2=C1CCC=C2.Oc1ccc2ccccc2c1. The van der Waals surface area contributed by atoms with Gasteiger partial charge in [-0.15, -0.1) is 0 Å². The van der Waals surface area contributed by atoms with Gasteiger partial charge in [-0.3, -0.25) is 0 Å². The Hall–Kier alpha value is -3.32. The van der Waals surface area contributed by atoms with Crippen molar-refractivity contribution in [2.24, 2.45) is 5.92 Å². The lowest BCUT2D eigenvalue weighted by molar-refractivity contribution is 0.476. The summed E-state index contributed by atoms with van der Waals surface area (Å²) in [5.74, 6) is 1.07. The molecule has 0 spiro atoms. The molecule has 4 aromatic rings. The molecular formula is C30H28O. The van der Waals surface area contributed by atoms with Crippen molar-refractivity contribution in [2.75, 3.05) is 0 Å². The lowest BCUT2D eigenvalue weighted by Crippen LogP contribution is -2.17. The van der Waals surface area contributed by atoms with Crippen LogP contribution in [0.4, 0.5) is 0 Å². The van der Waals surface area contributed by atoms with Gasteiger partial charge in [0.05, 0.1) is 0 Å². The van der Waals surface area contributed by atoms with Crippen LogP contribution in [-0.4, -0.2) is 5.11 Å². The van der Waals surface area contributed by atoms with Crippen molar-refractivity contribution < 1.29 is 5.11 Å². The van der Waals surface area contributed by atoms with Crippen LogP contribution in [-0.2, 0) is 6.42 Å². The van der Waals surface area contributed by atoms with Crippen LogP contribution < -0.4 is 0 Å².